The Morgan fingerprint density at radius 3 is 2.68 bits per heavy atom. The highest BCUT2D eigenvalue weighted by molar-refractivity contribution is 7.91. The molecule has 0 radical (unpaired) electrons. The fraction of sp³-hybridized carbons (Fsp3) is 0.316. The van der Waals surface area contributed by atoms with Gasteiger partial charge in [0.1, 0.15) is 6.10 Å². The standard InChI is InChI=1S/C19H20F2N2O4S/c20-19(21)28(25,26)17-9-2-1-7-15(17)22-12-13-5-3-6-14(11-13)23-18(24)16-8-4-10-27-16/h1-3,5-7,9,11,16,19,22H,4,8,10,12H2,(H,23,24). The molecule has 0 aromatic heterocycles. The normalized spacial score (nSPS) is 16.9. The van der Waals surface area contributed by atoms with Crippen LogP contribution in [-0.2, 0) is 25.9 Å². The first kappa shape index (κ1) is 20.2. The van der Waals surface area contributed by atoms with E-state index in [0.29, 0.717) is 18.7 Å². The first-order valence-electron chi connectivity index (χ1n) is 8.74. The van der Waals surface area contributed by atoms with Gasteiger partial charge in [-0.25, -0.2) is 8.42 Å². The number of amides is 1. The van der Waals surface area contributed by atoms with Crippen LogP contribution < -0.4 is 10.6 Å². The molecular formula is C19H20F2N2O4S. The summed E-state index contributed by atoms with van der Waals surface area (Å²) in [4.78, 5) is 11.7. The minimum absolute atomic E-state index is 0.0941. The molecule has 2 N–H and O–H groups in total. The second-order valence-corrected chi connectivity index (χ2v) is 8.23. The molecule has 1 atom stereocenters. The Balaban J connectivity index is 1.70. The predicted molar refractivity (Wildman–Crippen MR) is 101 cm³/mol. The van der Waals surface area contributed by atoms with Crippen LogP contribution in [0.25, 0.3) is 0 Å². The van der Waals surface area contributed by atoms with Crippen LogP contribution in [0, 0.1) is 0 Å². The minimum atomic E-state index is -4.71. The average Bonchev–Trinajstić information content (AvgIpc) is 3.22. The van der Waals surface area contributed by atoms with E-state index in [0.717, 1.165) is 18.1 Å². The molecule has 0 spiro atoms. The van der Waals surface area contributed by atoms with Crippen molar-refractivity contribution < 1.29 is 26.7 Å². The molecule has 1 aliphatic heterocycles. The van der Waals surface area contributed by atoms with E-state index in [1.165, 1.54) is 12.1 Å². The summed E-state index contributed by atoms with van der Waals surface area (Å²) in [7, 11) is -4.71. The molecule has 6 nitrogen and oxygen atoms in total. The van der Waals surface area contributed by atoms with Gasteiger partial charge in [0.05, 0.1) is 10.6 Å². The number of anilines is 2. The van der Waals surface area contributed by atoms with Crippen molar-refractivity contribution in [2.75, 3.05) is 17.2 Å². The van der Waals surface area contributed by atoms with Gasteiger partial charge in [0.25, 0.3) is 5.91 Å². The number of carbonyl (C=O) groups excluding carboxylic acids is 1. The van der Waals surface area contributed by atoms with E-state index in [4.69, 9.17) is 4.74 Å². The number of para-hydroxylation sites is 1. The van der Waals surface area contributed by atoms with Crippen LogP contribution in [0.15, 0.2) is 53.4 Å². The van der Waals surface area contributed by atoms with Crippen LogP contribution >= 0.6 is 0 Å². The smallest absolute Gasteiger partial charge is 0.341 e. The van der Waals surface area contributed by atoms with E-state index in [1.54, 1.807) is 30.3 Å². The maximum atomic E-state index is 12.9. The molecule has 0 aliphatic carbocycles. The highest BCUT2D eigenvalue weighted by Gasteiger charge is 2.29. The number of rotatable bonds is 7. The third kappa shape index (κ3) is 4.66. The molecule has 3 rings (SSSR count). The summed E-state index contributed by atoms with van der Waals surface area (Å²) in [5.41, 5.74) is 1.42. The van der Waals surface area contributed by atoms with Crippen molar-refractivity contribution in [3.05, 3.63) is 54.1 Å². The van der Waals surface area contributed by atoms with Gasteiger partial charge in [0.15, 0.2) is 0 Å². The van der Waals surface area contributed by atoms with E-state index in [9.17, 15) is 22.0 Å². The fourth-order valence-electron chi connectivity index (χ4n) is 2.92. The van der Waals surface area contributed by atoms with Crippen LogP contribution in [0.5, 0.6) is 0 Å². The zero-order valence-electron chi connectivity index (χ0n) is 14.9. The predicted octanol–water partition coefficient (Wildman–Crippen LogP) is 3.41. The molecule has 1 saturated heterocycles. The van der Waals surface area contributed by atoms with Crippen molar-refractivity contribution in [1.82, 2.24) is 0 Å². The third-order valence-corrected chi connectivity index (χ3v) is 5.77. The zero-order chi connectivity index (χ0) is 20.1. The Hall–Kier alpha value is -2.52. The molecule has 0 bridgehead atoms. The zero-order valence-corrected chi connectivity index (χ0v) is 15.7. The molecule has 28 heavy (non-hydrogen) atoms. The SMILES string of the molecule is O=C(Nc1cccc(CNc2ccccc2S(=O)(=O)C(F)F)c1)C1CCCO1. The second kappa shape index (κ2) is 8.66. The molecule has 1 fully saturated rings. The number of alkyl halides is 2. The number of nitrogens with one attached hydrogen (secondary N) is 2. The molecule has 1 heterocycles. The van der Waals surface area contributed by atoms with Gasteiger partial charge < -0.3 is 15.4 Å². The van der Waals surface area contributed by atoms with Crippen molar-refractivity contribution in [3.8, 4) is 0 Å². The highest BCUT2D eigenvalue weighted by atomic mass is 32.2. The summed E-state index contributed by atoms with van der Waals surface area (Å²) in [6.45, 7) is 0.766. The van der Waals surface area contributed by atoms with Gasteiger partial charge in [-0.1, -0.05) is 24.3 Å². The van der Waals surface area contributed by atoms with E-state index < -0.39 is 26.6 Å². The van der Waals surface area contributed by atoms with Crippen molar-refractivity contribution in [3.63, 3.8) is 0 Å². The van der Waals surface area contributed by atoms with E-state index in [2.05, 4.69) is 10.6 Å². The van der Waals surface area contributed by atoms with Gasteiger partial charge in [0, 0.05) is 18.8 Å². The van der Waals surface area contributed by atoms with E-state index in [1.807, 2.05) is 0 Å². The average molecular weight is 410 g/mol. The topological polar surface area (TPSA) is 84.5 Å². The van der Waals surface area contributed by atoms with Crippen LogP contribution in [0.1, 0.15) is 18.4 Å². The fourth-order valence-corrected chi connectivity index (χ4v) is 3.83. The van der Waals surface area contributed by atoms with E-state index in [-0.39, 0.29) is 18.1 Å². The lowest BCUT2D eigenvalue weighted by Crippen LogP contribution is -2.26. The molecule has 1 aliphatic rings. The highest BCUT2D eigenvalue weighted by Crippen LogP contribution is 2.26. The van der Waals surface area contributed by atoms with Gasteiger partial charge >= 0.3 is 5.76 Å². The molecule has 2 aromatic carbocycles. The maximum Gasteiger partial charge on any atom is 0.341 e. The van der Waals surface area contributed by atoms with E-state index >= 15 is 0 Å². The van der Waals surface area contributed by atoms with Gasteiger partial charge in [-0.15, -0.1) is 0 Å². The minimum Gasteiger partial charge on any atom is -0.380 e. The Bertz CT molecular complexity index is 944. The Morgan fingerprint density at radius 2 is 1.96 bits per heavy atom. The Labute approximate surface area is 161 Å². The summed E-state index contributed by atoms with van der Waals surface area (Å²) >= 11 is 0. The van der Waals surface area contributed by atoms with Gasteiger partial charge in [-0.2, -0.15) is 8.78 Å². The Morgan fingerprint density at radius 1 is 1.18 bits per heavy atom. The molecule has 9 heteroatoms. The monoisotopic (exact) mass is 410 g/mol. The lowest BCUT2D eigenvalue weighted by molar-refractivity contribution is -0.124. The van der Waals surface area contributed by atoms with Gasteiger partial charge in [0.2, 0.25) is 9.84 Å². The van der Waals surface area contributed by atoms with Crippen molar-refractivity contribution in [2.45, 2.75) is 36.1 Å². The number of halogens is 2. The molecule has 1 amide bonds. The molecular weight excluding hydrogens is 390 g/mol. The first-order valence-corrected chi connectivity index (χ1v) is 10.3. The van der Waals surface area contributed by atoms with Crippen LogP contribution in [-0.4, -0.2) is 32.8 Å². The summed E-state index contributed by atoms with van der Waals surface area (Å²) in [6.07, 6.45) is 1.08. The number of hydrogen-bond donors (Lipinski definition) is 2. The summed E-state index contributed by atoms with van der Waals surface area (Å²) in [6, 6.07) is 12.5. The van der Waals surface area contributed by atoms with Crippen LogP contribution in [0.3, 0.4) is 0 Å². The number of sulfone groups is 1. The second-order valence-electron chi connectivity index (χ2n) is 6.35. The first-order chi connectivity index (χ1) is 13.4. The lowest BCUT2D eigenvalue weighted by Gasteiger charge is -2.14. The summed E-state index contributed by atoms with van der Waals surface area (Å²) in [5, 5.41) is 5.66. The van der Waals surface area contributed by atoms with Crippen LogP contribution in [0.2, 0.25) is 0 Å². The number of hydrogen-bond acceptors (Lipinski definition) is 5. The molecule has 0 saturated carbocycles. The van der Waals surface area contributed by atoms with Crippen molar-refractivity contribution in [1.29, 1.82) is 0 Å². The number of ether oxygens (including phenoxy) is 1. The number of carbonyl (C=O) groups is 1. The van der Waals surface area contributed by atoms with Crippen LogP contribution in [0.4, 0.5) is 20.2 Å². The summed E-state index contributed by atoms with van der Waals surface area (Å²) in [5.74, 6) is -3.71. The van der Waals surface area contributed by atoms with Gasteiger partial charge in [-0.3, -0.25) is 4.79 Å². The third-order valence-electron chi connectivity index (χ3n) is 4.33. The van der Waals surface area contributed by atoms with Gasteiger partial charge in [-0.05, 0) is 42.7 Å². The molecule has 2 aromatic rings. The summed E-state index contributed by atoms with van der Waals surface area (Å²) < 4.78 is 54.7. The lowest BCUT2D eigenvalue weighted by atomic mass is 10.1. The Kier molecular flexibility index (Phi) is 6.25. The molecule has 150 valence electrons. The largest absolute Gasteiger partial charge is 0.380 e. The van der Waals surface area contributed by atoms with Crippen molar-refractivity contribution >= 4 is 27.1 Å². The number of benzene rings is 2. The maximum absolute atomic E-state index is 12.9. The van der Waals surface area contributed by atoms with Crippen molar-refractivity contribution in [2.24, 2.45) is 0 Å². The molecule has 1 unspecified atom stereocenters. The quantitative estimate of drug-likeness (QED) is 0.731.